The molecule has 6 nitrogen and oxygen atoms in total. The second-order valence-electron chi connectivity index (χ2n) is 5.42. The van der Waals surface area contributed by atoms with Gasteiger partial charge in [0.25, 0.3) is 5.95 Å². The summed E-state index contributed by atoms with van der Waals surface area (Å²) in [5, 5.41) is 10.7. The maximum Gasteiger partial charge on any atom is 0.253 e. The molecule has 0 unspecified atom stereocenters. The number of fused-ring (bicyclic) bond motifs is 1. The molecule has 0 aliphatic heterocycles. The standard InChI is InChI=1S/C18H17N5O/c1-11-7-8-15-14(9-11)12(2)21-18(22-15)23-17(19)20-10-13-5-3-4-6-16(13)24/h3-10,24H,1-2H3,(H2,19,21,22,23)/b20-10+. The lowest BCUT2D eigenvalue weighted by molar-refractivity contribution is 0.474. The second kappa shape index (κ2) is 6.45. The maximum absolute atomic E-state index is 9.69. The number of nitrogens with two attached hydrogens (primary N) is 1. The first kappa shape index (κ1) is 15.6. The van der Waals surface area contributed by atoms with Crippen molar-refractivity contribution >= 4 is 29.0 Å². The van der Waals surface area contributed by atoms with Crippen molar-refractivity contribution < 1.29 is 5.11 Å². The van der Waals surface area contributed by atoms with Gasteiger partial charge >= 0.3 is 0 Å². The van der Waals surface area contributed by atoms with E-state index in [4.69, 9.17) is 5.73 Å². The van der Waals surface area contributed by atoms with E-state index < -0.39 is 0 Å². The van der Waals surface area contributed by atoms with Gasteiger partial charge in [-0.1, -0.05) is 23.8 Å². The summed E-state index contributed by atoms with van der Waals surface area (Å²) in [6.07, 6.45) is 1.45. The lowest BCUT2D eigenvalue weighted by atomic mass is 10.1. The van der Waals surface area contributed by atoms with Gasteiger partial charge in [0.2, 0.25) is 5.96 Å². The largest absolute Gasteiger partial charge is 0.507 e. The number of phenolic OH excluding ortho intramolecular Hbond substituents is 1. The van der Waals surface area contributed by atoms with Crippen LogP contribution in [0.3, 0.4) is 0 Å². The van der Waals surface area contributed by atoms with Gasteiger partial charge in [-0.05, 0) is 38.1 Å². The average Bonchev–Trinajstić information content (AvgIpc) is 2.55. The third-order valence-corrected chi connectivity index (χ3v) is 3.52. The van der Waals surface area contributed by atoms with Gasteiger partial charge < -0.3 is 10.8 Å². The summed E-state index contributed by atoms with van der Waals surface area (Å²) < 4.78 is 0. The van der Waals surface area contributed by atoms with Crippen LogP contribution in [0.15, 0.2) is 52.4 Å². The summed E-state index contributed by atoms with van der Waals surface area (Å²) in [7, 11) is 0. The molecule has 24 heavy (non-hydrogen) atoms. The predicted molar refractivity (Wildman–Crippen MR) is 96.0 cm³/mol. The molecule has 0 radical (unpaired) electrons. The first-order valence-electron chi connectivity index (χ1n) is 7.44. The number of aliphatic imine (C=N–C) groups is 2. The number of aryl methyl sites for hydroxylation is 2. The Bertz CT molecular complexity index is 963. The highest BCUT2D eigenvalue weighted by molar-refractivity contribution is 5.95. The zero-order valence-electron chi connectivity index (χ0n) is 13.4. The minimum Gasteiger partial charge on any atom is -0.507 e. The van der Waals surface area contributed by atoms with Crippen LogP contribution in [-0.4, -0.2) is 27.2 Å². The van der Waals surface area contributed by atoms with E-state index in [1.165, 1.54) is 6.21 Å². The van der Waals surface area contributed by atoms with Crippen LogP contribution >= 0.6 is 0 Å². The Hall–Kier alpha value is -3.28. The van der Waals surface area contributed by atoms with Crippen LogP contribution in [0.5, 0.6) is 5.75 Å². The van der Waals surface area contributed by atoms with Gasteiger partial charge in [-0.25, -0.2) is 15.0 Å². The molecule has 3 aromatic rings. The Morgan fingerprint density at radius 2 is 1.92 bits per heavy atom. The van der Waals surface area contributed by atoms with Gasteiger partial charge in [-0.3, -0.25) is 0 Å². The van der Waals surface area contributed by atoms with E-state index in [0.29, 0.717) is 5.56 Å². The number of rotatable bonds is 2. The smallest absolute Gasteiger partial charge is 0.253 e. The first-order valence-corrected chi connectivity index (χ1v) is 7.44. The molecule has 0 fully saturated rings. The van der Waals surface area contributed by atoms with Gasteiger partial charge in [0.05, 0.1) is 11.2 Å². The van der Waals surface area contributed by atoms with Gasteiger partial charge in [0, 0.05) is 17.2 Å². The number of aromatic hydroxyl groups is 1. The minimum atomic E-state index is 0.0177. The summed E-state index contributed by atoms with van der Waals surface area (Å²) in [6, 6.07) is 12.8. The van der Waals surface area contributed by atoms with Crippen LogP contribution in [0.4, 0.5) is 5.95 Å². The summed E-state index contributed by atoms with van der Waals surface area (Å²) in [5.41, 5.74) is 9.16. The van der Waals surface area contributed by atoms with E-state index in [0.717, 1.165) is 22.2 Å². The molecule has 3 N–H and O–H groups in total. The molecule has 3 rings (SSSR count). The Morgan fingerprint density at radius 1 is 1.12 bits per heavy atom. The number of para-hydroxylation sites is 1. The van der Waals surface area contributed by atoms with Crippen molar-refractivity contribution in [1.82, 2.24) is 9.97 Å². The summed E-state index contributed by atoms with van der Waals surface area (Å²) in [5.74, 6) is 0.405. The molecular weight excluding hydrogens is 302 g/mol. The van der Waals surface area contributed by atoms with Gasteiger partial charge in [-0.15, -0.1) is 0 Å². The quantitative estimate of drug-likeness (QED) is 0.560. The van der Waals surface area contributed by atoms with Gasteiger partial charge in [-0.2, -0.15) is 4.99 Å². The van der Waals surface area contributed by atoms with Crippen LogP contribution < -0.4 is 5.73 Å². The molecule has 0 saturated carbocycles. The Kier molecular flexibility index (Phi) is 4.20. The zero-order chi connectivity index (χ0) is 17.1. The molecule has 0 saturated heterocycles. The highest BCUT2D eigenvalue weighted by Gasteiger charge is 2.04. The van der Waals surface area contributed by atoms with Crippen molar-refractivity contribution in [2.24, 2.45) is 15.7 Å². The Balaban J connectivity index is 1.91. The summed E-state index contributed by atoms with van der Waals surface area (Å²) in [4.78, 5) is 16.9. The van der Waals surface area contributed by atoms with Crippen LogP contribution in [0.1, 0.15) is 16.8 Å². The monoisotopic (exact) mass is 319 g/mol. The highest BCUT2D eigenvalue weighted by Crippen LogP contribution is 2.19. The van der Waals surface area contributed by atoms with Crippen molar-refractivity contribution in [3.63, 3.8) is 0 Å². The van der Waals surface area contributed by atoms with E-state index in [-0.39, 0.29) is 17.7 Å². The molecule has 1 heterocycles. The van der Waals surface area contributed by atoms with Crippen LogP contribution in [-0.2, 0) is 0 Å². The van der Waals surface area contributed by atoms with E-state index in [1.54, 1.807) is 24.3 Å². The van der Waals surface area contributed by atoms with E-state index in [1.807, 2.05) is 32.0 Å². The van der Waals surface area contributed by atoms with Crippen molar-refractivity contribution in [1.29, 1.82) is 0 Å². The van der Waals surface area contributed by atoms with E-state index >= 15 is 0 Å². The fourth-order valence-electron chi connectivity index (χ4n) is 2.29. The normalized spacial score (nSPS) is 12.2. The molecule has 0 aliphatic rings. The number of phenols is 1. The lowest BCUT2D eigenvalue weighted by Gasteiger charge is -2.03. The van der Waals surface area contributed by atoms with Crippen LogP contribution in [0.25, 0.3) is 10.9 Å². The van der Waals surface area contributed by atoms with Crippen molar-refractivity contribution in [3.8, 4) is 5.75 Å². The molecule has 120 valence electrons. The molecule has 6 heteroatoms. The number of guanidine groups is 1. The molecule has 0 atom stereocenters. The highest BCUT2D eigenvalue weighted by atomic mass is 16.3. The van der Waals surface area contributed by atoms with E-state index in [9.17, 15) is 5.11 Å². The minimum absolute atomic E-state index is 0.0177. The van der Waals surface area contributed by atoms with E-state index in [2.05, 4.69) is 20.0 Å². The molecule has 0 spiro atoms. The lowest BCUT2D eigenvalue weighted by Crippen LogP contribution is -2.08. The molecule has 1 aromatic heterocycles. The predicted octanol–water partition coefficient (Wildman–Crippen LogP) is 3.02. The summed E-state index contributed by atoms with van der Waals surface area (Å²) >= 11 is 0. The third-order valence-electron chi connectivity index (χ3n) is 3.52. The molecule has 2 aromatic carbocycles. The number of aromatic nitrogens is 2. The number of benzene rings is 2. The Morgan fingerprint density at radius 3 is 2.71 bits per heavy atom. The fraction of sp³-hybridized carbons (Fsp3) is 0.111. The molecule has 0 amide bonds. The van der Waals surface area contributed by atoms with Crippen molar-refractivity contribution in [3.05, 3.63) is 59.3 Å². The van der Waals surface area contributed by atoms with Crippen LogP contribution in [0, 0.1) is 13.8 Å². The Labute approximate surface area is 139 Å². The van der Waals surface area contributed by atoms with Gasteiger partial charge in [0.15, 0.2) is 0 Å². The first-order chi connectivity index (χ1) is 11.5. The summed E-state index contributed by atoms with van der Waals surface area (Å²) in [6.45, 7) is 3.93. The molecule has 0 bridgehead atoms. The third kappa shape index (κ3) is 3.38. The number of hydrogen-bond donors (Lipinski definition) is 2. The SMILES string of the molecule is Cc1ccc2nc(/N=C(N)/N=C/c3ccccc3O)nc(C)c2c1. The van der Waals surface area contributed by atoms with Crippen LogP contribution in [0.2, 0.25) is 0 Å². The van der Waals surface area contributed by atoms with Crippen molar-refractivity contribution in [2.45, 2.75) is 13.8 Å². The van der Waals surface area contributed by atoms with Crippen molar-refractivity contribution in [2.75, 3.05) is 0 Å². The number of hydrogen-bond acceptors (Lipinski definition) is 4. The fourth-order valence-corrected chi connectivity index (χ4v) is 2.29. The number of nitrogens with zero attached hydrogens (tertiary/aromatic N) is 4. The molecular formula is C18H17N5O. The second-order valence-corrected chi connectivity index (χ2v) is 5.42. The molecule has 0 aliphatic carbocycles. The maximum atomic E-state index is 9.69. The van der Waals surface area contributed by atoms with Gasteiger partial charge in [0.1, 0.15) is 5.75 Å². The average molecular weight is 319 g/mol. The zero-order valence-corrected chi connectivity index (χ0v) is 13.4. The topological polar surface area (TPSA) is 96.8 Å².